The molecule has 8 heteroatoms. The Balaban J connectivity index is 2.09. The number of urea groups is 1. The fraction of sp³-hybridized carbons (Fsp3) is 0.467. The minimum absolute atomic E-state index is 0.00351. The van der Waals surface area contributed by atoms with Crippen molar-refractivity contribution in [3.63, 3.8) is 0 Å². The van der Waals surface area contributed by atoms with E-state index in [0.29, 0.717) is 24.2 Å². The lowest BCUT2D eigenvalue weighted by Gasteiger charge is -2.27. The van der Waals surface area contributed by atoms with Gasteiger partial charge >= 0.3 is 12.0 Å². The Bertz CT molecular complexity index is 702. The Hall–Kier alpha value is -2.09. The van der Waals surface area contributed by atoms with E-state index in [9.17, 15) is 18.0 Å². The van der Waals surface area contributed by atoms with Gasteiger partial charge in [0.05, 0.1) is 24.2 Å². The van der Waals surface area contributed by atoms with Crippen LogP contribution in [0.3, 0.4) is 0 Å². The van der Waals surface area contributed by atoms with Gasteiger partial charge in [0, 0.05) is 18.3 Å². The molecule has 1 N–H and O–H groups in total. The lowest BCUT2D eigenvalue weighted by molar-refractivity contribution is 0.0600. The van der Waals surface area contributed by atoms with Gasteiger partial charge in [0.2, 0.25) is 0 Å². The molecule has 0 spiro atoms. The lowest BCUT2D eigenvalue weighted by Crippen LogP contribution is -2.43. The summed E-state index contributed by atoms with van der Waals surface area (Å²) in [5, 5.41) is 2.70. The van der Waals surface area contributed by atoms with E-state index in [1.807, 2.05) is 0 Å². The maximum absolute atomic E-state index is 12.4. The fourth-order valence-corrected chi connectivity index (χ4v) is 4.36. The maximum Gasteiger partial charge on any atom is 0.337 e. The van der Waals surface area contributed by atoms with Gasteiger partial charge in [-0.1, -0.05) is 6.07 Å². The van der Waals surface area contributed by atoms with E-state index in [-0.39, 0.29) is 23.6 Å². The van der Waals surface area contributed by atoms with E-state index >= 15 is 0 Å². The van der Waals surface area contributed by atoms with E-state index < -0.39 is 15.8 Å². The van der Waals surface area contributed by atoms with Crippen molar-refractivity contribution >= 4 is 27.5 Å². The molecule has 1 fully saturated rings. The van der Waals surface area contributed by atoms with Gasteiger partial charge in [0.1, 0.15) is 0 Å². The molecule has 2 amide bonds. The van der Waals surface area contributed by atoms with Crippen molar-refractivity contribution in [2.24, 2.45) is 0 Å². The van der Waals surface area contributed by atoms with Crippen molar-refractivity contribution in [2.75, 3.05) is 30.5 Å². The molecule has 1 atom stereocenters. The second-order valence-electron chi connectivity index (χ2n) is 5.35. The largest absolute Gasteiger partial charge is 0.465 e. The molecule has 23 heavy (non-hydrogen) atoms. The van der Waals surface area contributed by atoms with Crippen LogP contribution in [0, 0.1) is 0 Å². The topological polar surface area (TPSA) is 92.8 Å². The van der Waals surface area contributed by atoms with Gasteiger partial charge < -0.3 is 15.0 Å². The third-order valence-corrected chi connectivity index (χ3v) is 5.54. The predicted molar refractivity (Wildman–Crippen MR) is 86.2 cm³/mol. The molecular weight excluding hydrogens is 320 g/mol. The number of nitrogens with zero attached hydrogens (tertiary/aromatic N) is 1. The maximum atomic E-state index is 12.4. The van der Waals surface area contributed by atoms with Crippen LogP contribution in [-0.4, -0.2) is 56.5 Å². The highest BCUT2D eigenvalue weighted by molar-refractivity contribution is 7.91. The van der Waals surface area contributed by atoms with Gasteiger partial charge in [-0.2, -0.15) is 0 Å². The Morgan fingerprint density at radius 3 is 2.70 bits per heavy atom. The van der Waals surface area contributed by atoms with Crippen molar-refractivity contribution < 1.29 is 22.7 Å². The average Bonchev–Trinajstić information content (AvgIpc) is 2.87. The van der Waals surface area contributed by atoms with Crippen LogP contribution in [0.4, 0.5) is 10.5 Å². The summed E-state index contributed by atoms with van der Waals surface area (Å²) >= 11 is 0. The van der Waals surface area contributed by atoms with Crippen molar-refractivity contribution in [2.45, 2.75) is 19.4 Å². The molecule has 0 saturated carbocycles. The summed E-state index contributed by atoms with van der Waals surface area (Å²) in [6.45, 7) is 2.21. The standard InChI is InChI=1S/C15H20N2O5S/c1-3-17(13-7-8-23(20,21)10-13)15(19)16-12-6-4-5-11(9-12)14(18)22-2/h4-6,9,13H,3,7-8,10H2,1-2H3,(H,16,19). The first-order valence-corrected chi connectivity index (χ1v) is 9.15. The van der Waals surface area contributed by atoms with Crippen LogP contribution in [0.15, 0.2) is 24.3 Å². The molecule has 1 unspecified atom stereocenters. The molecule has 1 saturated heterocycles. The molecule has 1 aromatic carbocycles. The average molecular weight is 340 g/mol. The Morgan fingerprint density at radius 1 is 1.39 bits per heavy atom. The zero-order valence-corrected chi connectivity index (χ0v) is 13.9. The summed E-state index contributed by atoms with van der Waals surface area (Å²) in [6.07, 6.45) is 0.450. The van der Waals surface area contributed by atoms with Crippen LogP contribution < -0.4 is 5.32 Å². The van der Waals surface area contributed by atoms with E-state index in [2.05, 4.69) is 10.1 Å². The van der Waals surface area contributed by atoms with Crippen LogP contribution in [-0.2, 0) is 14.6 Å². The normalized spacial score (nSPS) is 19.1. The third-order valence-electron chi connectivity index (χ3n) is 3.79. The zero-order chi connectivity index (χ0) is 17.0. The Labute approximate surface area is 135 Å². The first kappa shape index (κ1) is 17.3. The number of rotatable bonds is 4. The molecule has 1 aliphatic heterocycles. The summed E-state index contributed by atoms with van der Waals surface area (Å²) in [5.41, 5.74) is 0.786. The molecule has 1 aliphatic rings. The van der Waals surface area contributed by atoms with Crippen LogP contribution in [0.5, 0.6) is 0 Å². The highest BCUT2D eigenvalue weighted by Crippen LogP contribution is 2.19. The first-order valence-electron chi connectivity index (χ1n) is 7.32. The number of hydrogen-bond acceptors (Lipinski definition) is 5. The van der Waals surface area contributed by atoms with E-state index in [1.54, 1.807) is 25.1 Å². The van der Waals surface area contributed by atoms with Crippen molar-refractivity contribution in [3.05, 3.63) is 29.8 Å². The smallest absolute Gasteiger partial charge is 0.337 e. The molecule has 2 rings (SSSR count). The molecule has 0 radical (unpaired) electrons. The number of amides is 2. The van der Waals surface area contributed by atoms with Gasteiger partial charge in [-0.3, -0.25) is 0 Å². The van der Waals surface area contributed by atoms with Gasteiger partial charge in [-0.25, -0.2) is 18.0 Å². The molecule has 1 heterocycles. The zero-order valence-electron chi connectivity index (χ0n) is 13.1. The molecule has 0 bridgehead atoms. The first-order chi connectivity index (χ1) is 10.9. The number of benzene rings is 1. The Kier molecular flexibility index (Phi) is 5.25. The number of carbonyl (C=O) groups is 2. The van der Waals surface area contributed by atoms with Crippen LogP contribution in [0.1, 0.15) is 23.7 Å². The number of anilines is 1. The molecular formula is C15H20N2O5S. The minimum Gasteiger partial charge on any atom is -0.465 e. The van der Waals surface area contributed by atoms with E-state index in [0.717, 1.165) is 0 Å². The van der Waals surface area contributed by atoms with Gasteiger partial charge in [-0.15, -0.1) is 0 Å². The second kappa shape index (κ2) is 6.99. The summed E-state index contributed by atoms with van der Waals surface area (Å²) in [6, 6.07) is 5.71. The SMILES string of the molecule is CCN(C(=O)Nc1cccc(C(=O)OC)c1)C1CCS(=O)(=O)C1. The number of carbonyl (C=O) groups excluding carboxylic acids is 2. The van der Waals surface area contributed by atoms with Crippen molar-refractivity contribution in [1.29, 1.82) is 0 Å². The minimum atomic E-state index is -3.06. The summed E-state index contributed by atoms with van der Waals surface area (Å²) in [7, 11) is -1.78. The molecule has 1 aromatic rings. The van der Waals surface area contributed by atoms with Crippen LogP contribution in [0.2, 0.25) is 0 Å². The third kappa shape index (κ3) is 4.22. The van der Waals surface area contributed by atoms with Crippen LogP contribution >= 0.6 is 0 Å². The monoisotopic (exact) mass is 340 g/mol. The van der Waals surface area contributed by atoms with E-state index in [4.69, 9.17) is 0 Å². The van der Waals surface area contributed by atoms with Gasteiger partial charge in [-0.05, 0) is 31.5 Å². The van der Waals surface area contributed by atoms with Crippen molar-refractivity contribution in [3.8, 4) is 0 Å². The summed E-state index contributed by atoms with van der Waals surface area (Å²) in [4.78, 5) is 25.4. The second-order valence-corrected chi connectivity index (χ2v) is 7.57. The lowest BCUT2D eigenvalue weighted by atomic mass is 10.2. The summed E-state index contributed by atoms with van der Waals surface area (Å²) in [5.74, 6) is -0.384. The predicted octanol–water partition coefficient (Wildman–Crippen LogP) is 1.51. The number of ether oxygens (including phenoxy) is 1. The highest BCUT2D eigenvalue weighted by Gasteiger charge is 2.33. The summed E-state index contributed by atoms with van der Waals surface area (Å²) < 4.78 is 27.8. The number of methoxy groups -OCH3 is 1. The number of hydrogen-bond donors (Lipinski definition) is 1. The quantitative estimate of drug-likeness (QED) is 0.839. The number of nitrogens with one attached hydrogen (secondary N) is 1. The highest BCUT2D eigenvalue weighted by atomic mass is 32.2. The Morgan fingerprint density at radius 2 is 2.13 bits per heavy atom. The van der Waals surface area contributed by atoms with Gasteiger partial charge in [0.25, 0.3) is 0 Å². The van der Waals surface area contributed by atoms with Crippen LogP contribution in [0.25, 0.3) is 0 Å². The molecule has 7 nitrogen and oxygen atoms in total. The molecule has 0 aliphatic carbocycles. The number of esters is 1. The van der Waals surface area contributed by atoms with E-state index in [1.165, 1.54) is 18.1 Å². The fourth-order valence-electron chi connectivity index (χ4n) is 2.63. The van der Waals surface area contributed by atoms with Gasteiger partial charge in [0.15, 0.2) is 9.84 Å². The van der Waals surface area contributed by atoms with Crippen molar-refractivity contribution in [1.82, 2.24) is 4.90 Å². The molecule has 0 aromatic heterocycles. The molecule has 126 valence electrons. The number of sulfone groups is 1.